The van der Waals surface area contributed by atoms with Gasteiger partial charge in [0.1, 0.15) is 21.6 Å². The SMILES string of the molecule is CC1CCN(c2cc(C3(N4CCCC4)CCS(=O)(=O)CC3)ccc2NC(=O)c2ncc(C#N)[nH]2)CC1. The molecule has 192 valence electrons. The second kappa shape index (κ2) is 9.87. The van der Waals surface area contributed by atoms with Crippen LogP contribution in [0.1, 0.15) is 67.3 Å². The fraction of sp³-hybridized carbons (Fsp3) is 0.577. The van der Waals surface area contributed by atoms with Crippen LogP contribution in [0.5, 0.6) is 0 Å². The van der Waals surface area contributed by atoms with Gasteiger partial charge in [0.25, 0.3) is 5.91 Å². The number of nitrogens with one attached hydrogen (secondary N) is 2. The number of imidazole rings is 1. The second-order valence-electron chi connectivity index (χ2n) is 10.5. The van der Waals surface area contributed by atoms with Gasteiger partial charge in [-0.3, -0.25) is 9.69 Å². The van der Waals surface area contributed by atoms with Crippen molar-refractivity contribution in [2.24, 2.45) is 5.92 Å². The summed E-state index contributed by atoms with van der Waals surface area (Å²) in [6.07, 6.45) is 6.97. The van der Waals surface area contributed by atoms with Gasteiger partial charge >= 0.3 is 0 Å². The number of piperidine rings is 1. The van der Waals surface area contributed by atoms with Crippen LogP contribution in [-0.4, -0.2) is 66.9 Å². The average Bonchev–Trinajstić information content (AvgIpc) is 3.58. The molecule has 0 unspecified atom stereocenters. The number of carbonyl (C=O) groups is 1. The molecule has 2 N–H and O–H groups in total. The number of rotatable bonds is 5. The molecule has 1 amide bonds. The molecule has 0 aliphatic carbocycles. The molecule has 2 aromatic rings. The summed E-state index contributed by atoms with van der Waals surface area (Å²) in [5.41, 5.74) is 2.74. The van der Waals surface area contributed by atoms with E-state index >= 15 is 0 Å². The van der Waals surface area contributed by atoms with E-state index in [1.807, 2.05) is 12.1 Å². The number of amides is 1. The molecule has 0 saturated carbocycles. The quantitative estimate of drug-likeness (QED) is 0.633. The number of hydrogen-bond acceptors (Lipinski definition) is 7. The minimum Gasteiger partial charge on any atom is -0.370 e. The number of likely N-dealkylation sites (tertiary alicyclic amines) is 1. The number of aromatic nitrogens is 2. The Balaban J connectivity index is 1.52. The number of nitrogens with zero attached hydrogens (tertiary/aromatic N) is 4. The standard InChI is InChI=1S/C26H34N6O3S/c1-19-6-12-31(13-7-19)23-16-20(4-5-22(23)30-25(33)24-28-18-21(17-27)29-24)26(32-10-2-3-11-32)8-14-36(34,35)15-9-26/h4-5,16,18-19H,2-3,6-15H2,1H3,(H,28,29)(H,30,33). The second-order valence-corrected chi connectivity index (χ2v) is 12.8. The highest BCUT2D eigenvalue weighted by Crippen LogP contribution is 2.44. The van der Waals surface area contributed by atoms with Crippen LogP contribution in [0.2, 0.25) is 0 Å². The Labute approximate surface area is 212 Å². The number of carbonyl (C=O) groups excluding carboxylic acids is 1. The summed E-state index contributed by atoms with van der Waals surface area (Å²) in [6.45, 7) is 6.03. The summed E-state index contributed by atoms with van der Waals surface area (Å²) in [6, 6.07) is 8.16. The first-order valence-electron chi connectivity index (χ1n) is 12.9. The highest BCUT2D eigenvalue weighted by molar-refractivity contribution is 7.91. The lowest BCUT2D eigenvalue weighted by Gasteiger charge is -2.45. The Hall–Kier alpha value is -2.90. The van der Waals surface area contributed by atoms with Crippen LogP contribution in [0.15, 0.2) is 24.4 Å². The van der Waals surface area contributed by atoms with Crippen LogP contribution in [0.4, 0.5) is 11.4 Å². The van der Waals surface area contributed by atoms with Crippen LogP contribution in [0.25, 0.3) is 0 Å². The molecular weight excluding hydrogens is 476 g/mol. The average molecular weight is 511 g/mol. The van der Waals surface area contributed by atoms with E-state index in [-0.39, 0.29) is 28.6 Å². The molecule has 3 aliphatic rings. The molecule has 10 heteroatoms. The number of nitriles is 1. The third kappa shape index (κ3) is 4.87. The monoisotopic (exact) mass is 510 g/mol. The summed E-state index contributed by atoms with van der Waals surface area (Å²) in [5, 5.41) is 12.1. The van der Waals surface area contributed by atoms with Gasteiger partial charge in [-0.15, -0.1) is 0 Å². The maximum atomic E-state index is 13.0. The fourth-order valence-corrected chi connectivity index (χ4v) is 7.42. The molecule has 3 aliphatic heterocycles. The lowest BCUT2D eigenvalue weighted by atomic mass is 9.82. The van der Waals surface area contributed by atoms with Crippen molar-refractivity contribution in [2.45, 2.75) is 51.0 Å². The van der Waals surface area contributed by atoms with Gasteiger partial charge in [-0.1, -0.05) is 13.0 Å². The van der Waals surface area contributed by atoms with E-state index in [0.29, 0.717) is 24.4 Å². The summed E-state index contributed by atoms with van der Waals surface area (Å²) >= 11 is 0. The number of anilines is 2. The lowest BCUT2D eigenvalue weighted by Crippen LogP contribution is -2.50. The van der Waals surface area contributed by atoms with Crippen molar-refractivity contribution >= 4 is 27.1 Å². The Morgan fingerprint density at radius 2 is 1.86 bits per heavy atom. The molecule has 0 atom stereocenters. The van der Waals surface area contributed by atoms with Gasteiger partial charge in [0, 0.05) is 18.6 Å². The molecule has 1 aromatic carbocycles. The molecule has 0 radical (unpaired) electrons. The number of H-pyrrole nitrogens is 1. The number of sulfone groups is 1. The third-order valence-corrected chi connectivity index (χ3v) is 9.84. The van der Waals surface area contributed by atoms with Gasteiger partial charge < -0.3 is 15.2 Å². The van der Waals surface area contributed by atoms with Crippen LogP contribution in [-0.2, 0) is 15.4 Å². The number of hydrogen-bond donors (Lipinski definition) is 2. The molecule has 9 nitrogen and oxygen atoms in total. The van der Waals surface area contributed by atoms with Crippen molar-refractivity contribution < 1.29 is 13.2 Å². The molecule has 0 spiro atoms. The molecule has 1 aromatic heterocycles. The van der Waals surface area contributed by atoms with E-state index < -0.39 is 15.7 Å². The van der Waals surface area contributed by atoms with Crippen LogP contribution in [0.3, 0.4) is 0 Å². The van der Waals surface area contributed by atoms with Gasteiger partial charge in [-0.25, -0.2) is 13.4 Å². The molecule has 36 heavy (non-hydrogen) atoms. The first kappa shape index (κ1) is 24.8. The zero-order chi connectivity index (χ0) is 25.3. The van der Waals surface area contributed by atoms with Crippen LogP contribution in [0, 0.1) is 17.2 Å². The highest BCUT2D eigenvalue weighted by Gasteiger charge is 2.44. The van der Waals surface area contributed by atoms with Gasteiger partial charge in [0.15, 0.2) is 5.82 Å². The number of aromatic amines is 1. The van der Waals surface area contributed by atoms with Crippen molar-refractivity contribution in [2.75, 3.05) is 47.9 Å². The van der Waals surface area contributed by atoms with Gasteiger partial charge in [-0.2, -0.15) is 5.26 Å². The fourth-order valence-electron chi connectivity index (χ4n) is 5.92. The molecular formula is C26H34N6O3S. The summed E-state index contributed by atoms with van der Waals surface area (Å²) in [5.74, 6) is 0.777. The summed E-state index contributed by atoms with van der Waals surface area (Å²) in [4.78, 5) is 24.6. The Morgan fingerprint density at radius 1 is 1.17 bits per heavy atom. The predicted octanol–water partition coefficient (Wildman–Crippen LogP) is 3.27. The van der Waals surface area contributed by atoms with Gasteiger partial charge in [0.05, 0.1) is 29.1 Å². The van der Waals surface area contributed by atoms with Crippen molar-refractivity contribution in [1.29, 1.82) is 5.26 Å². The van der Waals surface area contributed by atoms with E-state index in [1.54, 1.807) is 0 Å². The molecule has 3 saturated heterocycles. The van der Waals surface area contributed by atoms with Crippen LogP contribution >= 0.6 is 0 Å². The maximum absolute atomic E-state index is 13.0. The van der Waals surface area contributed by atoms with Crippen molar-refractivity contribution in [1.82, 2.24) is 14.9 Å². The van der Waals surface area contributed by atoms with Crippen LogP contribution < -0.4 is 10.2 Å². The summed E-state index contributed by atoms with van der Waals surface area (Å²) in [7, 11) is -3.01. The number of benzene rings is 1. The molecule has 4 heterocycles. The normalized spacial score (nSPS) is 22.3. The lowest BCUT2D eigenvalue weighted by molar-refractivity contribution is 0.101. The Bertz CT molecular complexity index is 1250. The van der Waals surface area contributed by atoms with Crippen molar-refractivity contribution in [3.05, 3.63) is 41.5 Å². The first-order valence-corrected chi connectivity index (χ1v) is 14.7. The van der Waals surface area contributed by atoms with E-state index in [4.69, 9.17) is 5.26 Å². The van der Waals surface area contributed by atoms with E-state index in [1.165, 1.54) is 6.20 Å². The van der Waals surface area contributed by atoms with Crippen molar-refractivity contribution in [3.8, 4) is 6.07 Å². The zero-order valence-corrected chi connectivity index (χ0v) is 21.6. The molecule has 3 fully saturated rings. The molecule has 5 rings (SSSR count). The highest BCUT2D eigenvalue weighted by atomic mass is 32.2. The minimum atomic E-state index is -3.01. The summed E-state index contributed by atoms with van der Waals surface area (Å²) < 4.78 is 24.7. The Kier molecular flexibility index (Phi) is 6.79. The predicted molar refractivity (Wildman–Crippen MR) is 139 cm³/mol. The zero-order valence-electron chi connectivity index (χ0n) is 20.8. The molecule has 0 bridgehead atoms. The maximum Gasteiger partial charge on any atom is 0.291 e. The van der Waals surface area contributed by atoms with Gasteiger partial charge in [0.2, 0.25) is 0 Å². The topological polar surface area (TPSA) is 122 Å². The van der Waals surface area contributed by atoms with E-state index in [9.17, 15) is 13.2 Å². The van der Waals surface area contributed by atoms with Gasteiger partial charge in [-0.05, 0) is 75.2 Å². The third-order valence-electron chi connectivity index (χ3n) is 8.18. The minimum absolute atomic E-state index is 0.0971. The largest absolute Gasteiger partial charge is 0.370 e. The first-order chi connectivity index (χ1) is 17.3. The van der Waals surface area contributed by atoms with E-state index in [0.717, 1.165) is 63.1 Å². The smallest absolute Gasteiger partial charge is 0.291 e. The van der Waals surface area contributed by atoms with Crippen molar-refractivity contribution in [3.63, 3.8) is 0 Å². The van der Waals surface area contributed by atoms with E-state index in [2.05, 4.69) is 44.1 Å². The Morgan fingerprint density at radius 3 is 2.50 bits per heavy atom.